The van der Waals surface area contributed by atoms with Gasteiger partial charge in [-0.25, -0.2) is 4.79 Å². The Morgan fingerprint density at radius 3 is 2.04 bits per heavy atom. The number of hydrogen-bond donors (Lipinski definition) is 0. The van der Waals surface area contributed by atoms with Gasteiger partial charge in [-0.1, -0.05) is 0 Å². The van der Waals surface area contributed by atoms with Gasteiger partial charge in [0.25, 0.3) is 0 Å². The van der Waals surface area contributed by atoms with Crippen molar-refractivity contribution in [1.82, 2.24) is 4.90 Å². The third-order valence-electron chi connectivity index (χ3n) is 2.88. The van der Waals surface area contributed by atoms with Crippen molar-refractivity contribution in [3.05, 3.63) is 23.8 Å². The largest absolute Gasteiger partial charge is 0.497 e. The lowest BCUT2D eigenvalue weighted by Gasteiger charge is -2.24. The van der Waals surface area contributed by atoms with E-state index in [1.54, 1.807) is 53.2 Å². The average molecular weight is 339 g/mol. The number of hydrogen-bond acceptors (Lipinski definition) is 6. The molecule has 0 saturated carbocycles. The van der Waals surface area contributed by atoms with Crippen molar-refractivity contribution < 1.29 is 28.5 Å². The van der Waals surface area contributed by atoms with Crippen LogP contribution in [0.2, 0.25) is 0 Å². The molecule has 7 nitrogen and oxygen atoms in total. The van der Waals surface area contributed by atoms with Gasteiger partial charge >= 0.3 is 12.1 Å². The van der Waals surface area contributed by atoms with E-state index in [-0.39, 0.29) is 13.2 Å². The van der Waals surface area contributed by atoms with Crippen LogP contribution in [0.4, 0.5) is 4.79 Å². The van der Waals surface area contributed by atoms with Crippen LogP contribution in [0.25, 0.3) is 0 Å². The molecule has 0 aromatic heterocycles. The van der Waals surface area contributed by atoms with E-state index in [4.69, 9.17) is 18.9 Å². The SMILES string of the molecule is COc1cc(COC(=O)CN(C)C(=O)OC(C)(C)C)cc(OC)c1. The van der Waals surface area contributed by atoms with Crippen molar-refractivity contribution in [2.24, 2.45) is 0 Å². The molecule has 0 atom stereocenters. The van der Waals surface area contributed by atoms with Crippen LogP contribution in [0.15, 0.2) is 18.2 Å². The number of carbonyl (C=O) groups excluding carboxylic acids is 2. The number of methoxy groups -OCH3 is 2. The van der Waals surface area contributed by atoms with Gasteiger partial charge < -0.3 is 23.8 Å². The lowest BCUT2D eigenvalue weighted by molar-refractivity contribution is -0.145. The maximum absolute atomic E-state index is 11.9. The molecule has 0 aliphatic heterocycles. The van der Waals surface area contributed by atoms with Crippen molar-refractivity contribution in [2.45, 2.75) is 33.0 Å². The van der Waals surface area contributed by atoms with E-state index in [1.807, 2.05) is 0 Å². The van der Waals surface area contributed by atoms with Crippen molar-refractivity contribution in [3.63, 3.8) is 0 Å². The monoisotopic (exact) mass is 339 g/mol. The van der Waals surface area contributed by atoms with Gasteiger partial charge in [0.2, 0.25) is 0 Å². The maximum Gasteiger partial charge on any atom is 0.410 e. The first-order valence-corrected chi connectivity index (χ1v) is 7.46. The van der Waals surface area contributed by atoms with Gasteiger partial charge in [-0.2, -0.15) is 0 Å². The van der Waals surface area contributed by atoms with Crippen molar-refractivity contribution in [3.8, 4) is 11.5 Å². The molecule has 7 heteroatoms. The fraction of sp³-hybridized carbons (Fsp3) is 0.529. The van der Waals surface area contributed by atoms with Crippen LogP contribution >= 0.6 is 0 Å². The van der Waals surface area contributed by atoms with Crippen LogP contribution in [0.5, 0.6) is 11.5 Å². The molecule has 0 heterocycles. The number of esters is 1. The average Bonchev–Trinajstić information content (AvgIpc) is 2.50. The van der Waals surface area contributed by atoms with Gasteiger partial charge in [-0.15, -0.1) is 0 Å². The molecule has 0 fully saturated rings. The van der Waals surface area contributed by atoms with E-state index < -0.39 is 17.7 Å². The number of benzene rings is 1. The normalized spacial score (nSPS) is 10.8. The van der Waals surface area contributed by atoms with Gasteiger partial charge in [0.1, 0.15) is 30.3 Å². The molecule has 134 valence electrons. The zero-order chi connectivity index (χ0) is 18.3. The lowest BCUT2D eigenvalue weighted by atomic mass is 10.2. The summed E-state index contributed by atoms with van der Waals surface area (Å²) in [5.41, 5.74) is 0.103. The molecule has 0 aliphatic rings. The van der Waals surface area contributed by atoms with E-state index in [2.05, 4.69) is 0 Å². The Balaban J connectivity index is 2.56. The predicted octanol–water partition coefficient (Wildman–Crippen LogP) is 2.61. The highest BCUT2D eigenvalue weighted by molar-refractivity contribution is 5.78. The Hall–Kier alpha value is -2.44. The minimum Gasteiger partial charge on any atom is -0.497 e. The number of likely N-dealkylation sites (N-methyl/N-ethyl adjacent to an activating group) is 1. The minimum absolute atomic E-state index is 0.0502. The summed E-state index contributed by atoms with van der Waals surface area (Å²) in [6.45, 7) is 5.12. The summed E-state index contributed by atoms with van der Waals surface area (Å²) in [6.07, 6.45) is -0.581. The van der Waals surface area contributed by atoms with Crippen LogP contribution in [0.3, 0.4) is 0 Å². The minimum atomic E-state index is -0.619. The standard InChI is InChI=1S/C17H25NO6/c1-17(2,3)24-16(20)18(4)10-15(19)23-11-12-7-13(21-5)9-14(8-12)22-6/h7-9H,10-11H2,1-6H3. The molecule has 0 saturated heterocycles. The van der Waals surface area contributed by atoms with Gasteiger partial charge in [-0.05, 0) is 38.5 Å². The first kappa shape index (κ1) is 19.6. The molecular formula is C17H25NO6. The first-order chi connectivity index (χ1) is 11.1. The number of nitrogens with zero attached hydrogens (tertiary/aromatic N) is 1. The predicted molar refractivity (Wildman–Crippen MR) is 88.2 cm³/mol. The fourth-order valence-corrected chi connectivity index (χ4v) is 1.76. The van der Waals surface area contributed by atoms with Gasteiger partial charge in [0, 0.05) is 13.1 Å². The summed E-state index contributed by atoms with van der Waals surface area (Å²) in [5.74, 6) is 0.669. The van der Waals surface area contributed by atoms with Crippen LogP contribution < -0.4 is 9.47 Å². The zero-order valence-corrected chi connectivity index (χ0v) is 15.0. The molecule has 0 aliphatic carbocycles. The Labute approximate surface area is 142 Å². The summed E-state index contributed by atoms with van der Waals surface area (Å²) >= 11 is 0. The van der Waals surface area contributed by atoms with Crippen LogP contribution in [-0.4, -0.2) is 50.4 Å². The molecule has 0 N–H and O–H groups in total. The van der Waals surface area contributed by atoms with Crippen molar-refractivity contribution >= 4 is 12.1 Å². The molecule has 0 spiro atoms. The Morgan fingerprint density at radius 1 is 1.04 bits per heavy atom. The molecule has 0 unspecified atom stereocenters. The number of ether oxygens (including phenoxy) is 4. The molecule has 1 aromatic carbocycles. The van der Waals surface area contributed by atoms with E-state index in [9.17, 15) is 9.59 Å². The highest BCUT2D eigenvalue weighted by Crippen LogP contribution is 2.23. The Bertz CT molecular complexity index is 557. The van der Waals surface area contributed by atoms with E-state index >= 15 is 0 Å². The summed E-state index contributed by atoms with van der Waals surface area (Å²) in [4.78, 5) is 24.8. The van der Waals surface area contributed by atoms with Gasteiger partial charge in [0.15, 0.2) is 0 Å². The van der Waals surface area contributed by atoms with Crippen LogP contribution in [0, 0.1) is 0 Å². The number of amides is 1. The fourth-order valence-electron chi connectivity index (χ4n) is 1.76. The summed E-state index contributed by atoms with van der Waals surface area (Å²) < 4.78 is 20.7. The summed E-state index contributed by atoms with van der Waals surface area (Å²) in [6, 6.07) is 5.21. The molecule has 0 radical (unpaired) electrons. The quantitative estimate of drug-likeness (QED) is 0.742. The number of carbonyl (C=O) groups is 2. The molecule has 1 rings (SSSR count). The third kappa shape index (κ3) is 6.76. The van der Waals surface area contributed by atoms with Gasteiger partial charge in [-0.3, -0.25) is 4.79 Å². The van der Waals surface area contributed by atoms with E-state index in [0.717, 1.165) is 5.56 Å². The van der Waals surface area contributed by atoms with Crippen LogP contribution in [-0.2, 0) is 20.9 Å². The molecule has 24 heavy (non-hydrogen) atoms. The summed E-state index contributed by atoms with van der Waals surface area (Å²) in [7, 11) is 4.56. The van der Waals surface area contributed by atoms with Crippen LogP contribution in [0.1, 0.15) is 26.3 Å². The second-order valence-corrected chi connectivity index (χ2v) is 6.22. The lowest BCUT2D eigenvalue weighted by Crippen LogP contribution is -2.37. The summed E-state index contributed by atoms with van der Waals surface area (Å²) in [5, 5.41) is 0. The maximum atomic E-state index is 11.9. The smallest absolute Gasteiger partial charge is 0.410 e. The zero-order valence-electron chi connectivity index (χ0n) is 15.0. The highest BCUT2D eigenvalue weighted by Gasteiger charge is 2.21. The third-order valence-corrected chi connectivity index (χ3v) is 2.88. The van der Waals surface area contributed by atoms with E-state index in [0.29, 0.717) is 11.5 Å². The second kappa shape index (κ2) is 8.42. The molecule has 0 bridgehead atoms. The molecule has 1 amide bonds. The number of rotatable bonds is 6. The highest BCUT2D eigenvalue weighted by atomic mass is 16.6. The topological polar surface area (TPSA) is 74.3 Å². The van der Waals surface area contributed by atoms with Gasteiger partial charge in [0.05, 0.1) is 14.2 Å². The Kier molecular flexibility index (Phi) is 6.88. The molecular weight excluding hydrogens is 314 g/mol. The van der Waals surface area contributed by atoms with Crippen molar-refractivity contribution in [1.29, 1.82) is 0 Å². The first-order valence-electron chi connectivity index (χ1n) is 7.46. The van der Waals surface area contributed by atoms with Crippen molar-refractivity contribution in [2.75, 3.05) is 27.8 Å². The van der Waals surface area contributed by atoms with E-state index in [1.165, 1.54) is 11.9 Å². The Morgan fingerprint density at radius 2 is 1.58 bits per heavy atom. The molecule has 1 aromatic rings. The second-order valence-electron chi connectivity index (χ2n) is 6.22.